The van der Waals surface area contributed by atoms with E-state index in [0.29, 0.717) is 25.1 Å². The lowest BCUT2D eigenvalue weighted by atomic mass is 10.0. The highest BCUT2D eigenvalue weighted by molar-refractivity contribution is 7.89. The van der Waals surface area contributed by atoms with Crippen LogP contribution >= 0.6 is 0 Å². The van der Waals surface area contributed by atoms with Gasteiger partial charge in [-0.1, -0.05) is 24.6 Å². The van der Waals surface area contributed by atoms with Crippen molar-refractivity contribution in [3.63, 3.8) is 0 Å². The summed E-state index contributed by atoms with van der Waals surface area (Å²) >= 11 is 0. The number of sulfonamides is 1. The molecule has 7 nitrogen and oxygen atoms in total. The van der Waals surface area contributed by atoms with E-state index in [4.69, 9.17) is 0 Å². The lowest BCUT2D eigenvalue weighted by Crippen LogP contribution is -2.45. The molecule has 1 fully saturated rings. The lowest BCUT2D eigenvalue weighted by Gasteiger charge is -2.34. The van der Waals surface area contributed by atoms with Crippen molar-refractivity contribution in [2.75, 3.05) is 18.4 Å². The molecule has 2 amide bonds. The summed E-state index contributed by atoms with van der Waals surface area (Å²) in [5.74, 6) is -2.13. The molecular formula is C21H24FN3O4S. The van der Waals surface area contributed by atoms with E-state index >= 15 is 0 Å². The van der Waals surface area contributed by atoms with Gasteiger partial charge in [-0.05, 0) is 55.7 Å². The first kappa shape index (κ1) is 21.9. The van der Waals surface area contributed by atoms with Crippen LogP contribution in [0.5, 0.6) is 0 Å². The van der Waals surface area contributed by atoms with Gasteiger partial charge in [-0.25, -0.2) is 12.8 Å². The summed E-state index contributed by atoms with van der Waals surface area (Å²) in [7, 11) is -3.61. The molecule has 0 unspecified atom stereocenters. The number of nitrogens with one attached hydrogen (secondary N) is 2. The van der Waals surface area contributed by atoms with Crippen LogP contribution in [0.15, 0.2) is 59.5 Å². The van der Waals surface area contributed by atoms with Gasteiger partial charge in [0, 0.05) is 24.8 Å². The molecule has 1 atom stereocenters. The van der Waals surface area contributed by atoms with Crippen LogP contribution in [0.2, 0.25) is 0 Å². The van der Waals surface area contributed by atoms with Gasteiger partial charge in [-0.3, -0.25) is 9.59 Å². The van der Waals surface area contributed by atoms with Crippen molar-refractivity contribution in [1.82, 2.24) is 9.62 Å². The van der Waals surface area contributed by atoms with Crippen LogP contribution < -0.4 is 10.6 Å². The van der Waals surface area contributed by atoms with Crippen molar-refractivity contribution in [1.29, 1.82) is 0 Å². The highest BCUT2D eigenvalue weighted by atomic mass is 32.2. The largest absolute Gasteiger partial charge is 0.348 e. The summed E-state index contributed by atoms with van der Waals surface area (Å²) in [5, 5.41) is 4.91. The van der Waals surface area contributed by atoms with Gasteiger partial charge in [0.2, 0.25) is 10.0 Å². The number of rotatable bonds is 6. The summed E-state index contributed by atoms with van der Waals surface area (Å²) < 4.78 is 40.4. The summed E-state index contributed by atoms with van der Waals surface area (Å²) in [6.07, 6.45) is 2.80. The van der Waals surface area contributed by atoms with E-state index in [2.05, 4.69) is 10.6 Å². The molecule has 0 radical (unpaired) electrons. The Morgan fingerprint density at radius 1 is 1.00 bits per heavy atom. The number of benzene rings is 2. The van der Waals surface area contributed by atoms with Gasteiger partial charge in [-0.2, -0.15) is 4.31 Å². The summed E-state index contributed by atoms with van der Waals surface area (Å²) in [4.78, 5) is 24.2. The predicted molar refractivity (Wildman–Crippen MR) is 111 cm³/mol. The van der Waals surface area contributed by atoms with Gasteiger partial charge in [0.15, 0.2) is 0 Å². The van der Waals surface area contributed by atoms with Crippen molar-refractivity contribution >= 4 is 27.5 Å². The number of hydrogen-bond donors (Lipinski definition) is 2. The molecule has 0 bridgehead atoms. The number of nitrogens with zero attached hydrogens (tertiary/aromatic N) is 1. The molecule has 30 heavy (non-hydrogen) atoms. The molecular weight excluding hydrogens is 409 g/mol. The molecule has 2 aromatic carbocycles. The molecule has 0 aromatic heterocycles. The summed E-state index contributed by atoms with van der Waals surface area (Å²) in [6, 6.07) is 13.1. The van der Waals surface area contributed by atoms with Gasteiger partial charge < -0.3 is 10.6 Å². The smallest absolute Gasteiger partial charge is 0.313 e. The Kier molecular flexibility index (Phi) is 7.17. The number of carbonyl (C=O) groups excluding carboxylic acids is 2. The Labute approximate surface area is 175 Å². The van der Waals surface area contributed by atoms with Crippen molar-refractivity contribution < 1.29 is 22.4 Å². The molecule has 160 valence electrons. The fourth-order valence-electron chi connectivity index (χ4n) is 3.46. The number of carbonyl (C=O) groups is 2. The SMILES string of the molecule is O=C(NCC[C@@H]1CCCCN1S(=O)(=O)c1ccccc1)C(=O)Nc1ccc(F)cc1. The number of hydrogen-bond acceptors (Lipinski definition) is 4. The highest BCUT2D eigenvalue weighted by Crippen LogP contribution is 2.26. The van der Waals surface area contributed by atoms with E-state index in [-0.39, 0.29) is 17.5 Å². The second kappa shape index (κ2) is 9.82. The zero-order valence-electron chi connectivity index (χ0n) is 16.4. The molecule has 9 heteroatoms. The predicted octanol–water partition coefficient (Wildman–Crippen LogP) is 2.51. The molecule has 0 saturated carbocycles. The molecule has 0 spiro atoms. The Morgan fingerprint density at radius 3 is 2.40 bits per heavy atom. The van der Waals surface area contributed by atoms with Crippen molar-refractivity contribution in [2.24, 2.45) is 0 Å². The average molecular weight is 434 g/mol. The first-order chi connectivity index (χ1) is 14.4. The molecule has 1 aliphatic heterocycles. The van der Waals surface area contributed by atoms with Gasteiger partial charge in [0.05, 0.1) is 4.90 Å². The van der Waals surface area contributed by atoms with Crippen LogP contribution in [0.3, 0.4) is 0 Å². The van der Waals surface area contributed by atoms with E-state index in [0.717, 1.165) is 12.8 Å². The minimum Gasteiger partial charge on any atom is -0.348 e. The van der Waals surface area contributed by atoms with Gasteiger partial charge >= 0.3 is 11.8 Å². The van der Waals surface area contributed by atoms with Crippen LogP contribution in [0.25, 0.3) is 0 Å². The maximum absolute atomic E-state index is 13.0. The fraction of sp³-hybridized carbons (Fsp3) is 0.333. The minimum atomic E-state index is -3.61. The third kappa shape index (κ3) is 5.43. The van der Waals surface area contributed by atoms with Gasteiger partial charge in [-0.15, -0.1) is 0 Å². The fourth-order valence-corrected chi connectivity index (χ4v) is 5.21. The molecule has 0 aliphatic carbocycles. The maximum Gasteiger partial charge on any atom is 0.313 e. The normalized spacial score (nSPS) is 17.3. The Morgan fingerprint density at radius 2 is 1.70 bits per heavy atom. The van der Waals surface area contributed by atoms with Crippen molar-refractivity contribution in [3.8, 4) is 0 Å². The number of piperidine rings is 1. The molecule has 1 aliphatic rings. The zero-order chi connectivity index (χ0) is 21.6. The average Bonchev–Trinajstić information content (AvgIpc) is 2.76. The quantitative estimate of drug-likeness (QED) is 0.685. The van der Waals surface area contributed by atoms with Crippen LogP contribution in [0.1, 0.15) is 25.7 Å². The number of halogens is 1. The minimum absolute atomic E-state index is 0.168. The van der Waals surface area contributed by atoms with Gasteiger partial charge in [0.25, 0.3) is 0 Å². The molecule has 1 saturated heterocycles. The monoisotopic (exact) mass is 433 g/mol. The lowest BCUT2D eigenvalue weighted by molar-refractivity contribution is -0.136. The molecule has 3 rings (SSSR count). The first-order valence-corrected chi connectivity index (χ1v) is 11.2. The summed E-state index contributed by atoms with van der Waals surface area (Å²) in [6.45, 7) is 0.599. The van der Waals surface area contributed by atoms with Crippen LogP contribution in [-0.2, 0) is 19.6 Å². The van der Waals surface area contributed by atoms with E-state index in [9.17, 15) is 22.4 Å². The van der Waals surface area contributed by atoms with Crippen LogP contribution in [0, 0.1) is 5.82 Å². The Balaban J connectivity index is 1.55. The maximum atomic E-state index is 13.0. The van der Waals surface area contributed by atoms with Crippen molar-refractivity contribution in [3.05, 3.63) is 60.4 Å². The van der Waals surface area contributed by atoms with Gasteiger partial charge in [0.1, 0.15) is 5.82 Å². The van der Waals surface area contributed by atoms with Crippen LogP contribution in [0.4, 0.5) is 10.1 Å². The van der Waals surface area contributed by atoms with E-state index in [1.165, 1.54) is 28.6 Å². The summed E-state index contributed by atoms with van der Waals surface area (Å²) in [5.41, 5.74) is 0.309. The number of anilines is 1. The van der Waals surface area contributed by atoms with Crippen LogP contribution in [-0.4, -0.2) is 43.7 Å². The third-order valence-corrected chi connectivity index (χ3v) is 6.96. The molecule has 2 N–H and O–H groups in total. The van der Waals surface area contributed by atoms with Crippen molar-refractivity contribution in [2.45, 2.75) is 36.6 Å². The van der Waals surface area contributed by atoms with E-state index in [1.54, 1.807) is 30.3 Å². The highest BCUT2D eigenvalue weighted by Gasteiger charge is 2.33. The van der Waals surface area contributed by atoms with E-state index < -0.39 is 27.7 Å². The second-order valence-electron chi connectivity index (χ2n) is 7.08. The Hall–Kier alpha value is -2.78. The molecule has 1 heterocycles. The zero-order valence-corrected chi connectivity index (χ0v) is 17.2. The number of amides is 2. The third-order valence-electron chi connectivity index (χ3n) is 4.99. The van der Waals surface area contributed by atoms with E-state index in [1.807, 2.05) is 0 Å². The standard InChI is InChI=1S/C21H24FN3O4S/c22-16-9-11-17(12-10-16)24-21(27)20(26)23-14-13-18-6-4-5-15-25(18)30(28,29)19-7-2-1-3-8-19/h1-3,7-12,18H,4-6,13-15H2,(H,23,26)(H,24,27)/t18-/m0/s1. The second-order valence-corrected chi connectivity index (χ2v) is 8.97. The first-order valence-electron chi connectivity index (χ1n) is 9.79. The topological polar surface area (TPSA) is 95.6 Å². The Bertz CT molecular complexity index is 981. The molecule has 2 aromatic rings.